The molecule has 0 aromatic carbocycles. The minimum atomic E-state index is -0.219. The number of nitrogens with one attached hydrogen (secondary N) is 1. The molecule has 0 spiro atoms. The van der Waals surface area contributed by atoms with Crippen LogP contribution in [0.3, 0.4) is 0 Å². The average Bonchev–Trinajstić information content (AvgIpc) is 3.03. The molecule has 0 saturated heterocycles. The van der Waals surface area contributed by atoms with Crippen LogP contribution in [-0.4, -0.2) is 35.0 Å². The maximum Gasteiger partial charge on any atom is 0.245 e. The first-order valence-corrected chi connectivity index (χ1v) is 9.07. The molecular formula is C18H25N3O3. The van der Waals surface area contributed by atoms with Crippen LogP contribution < -0.4 is 5.32 Å². The standard InChI is InChI=1S/C18H25N3O3/c1-2-21(11-16(22)19-15-3-4-24-20-15)17(23)18-8-12-5-13(9-18)7-14(6-12)10-18/h3-4,12-14H,2,5-11H2,1H3,(H,19,20,22). The third-order valence-corrected chi connectivity index (χ3v) is 6.20. The first kappa shape index (κ1) is 15.7. The summed E-state index contributed by atoms with van der Waals surface area (Å²) in [6.07, 6.45) is 8.42. The quantitative estimate of drug-likeness (QED) is 0.900. The highest BCUT2D eigenvalue weighted by Gasteiger charge is 2.55. The van der Waals surface area contributed by atoms with Gasteiger partial charge in [0, 0.05) is 12.6 Å². The van der Waals surface area contributed by atoms with Gasteiger partial charge in [-0.25, -0.2) is 0 Å². The number of anilines is 1. The Labute approximate surface area is 141 Å². The molecule has 0 aliphatic heterocycles. The van der Waals surface area contributed by atoms with Crippen molar-refractivity contribution in [1.82, 2.24) is 10.1 Å². The van der Waals surface area contributed by atoms with E-state index in [4.69, 9.17) is 4.52 Å². The average molecular weight is 331 g/mol. The van der Waals surface area contributed by atoms with Crippen LogP contribution in [0.2, 0.25) is 0 Å². The Hall–Kier alpha value is -1.85. The lowest BCUT2D eigenvalue weighted by atomic mass is 9.49. The van der Waals surface area contributed by atoms with E-state index in [9.17, 15) is 9.59 Å². The van der Waals surface area contributed by atoms with Crippen LogP contribution in [0, 0.1) is 23.2 Å². The van der Waals surface area contributed by atoms with E-state index in [-0.39, 0.29) is 23.8 Å². The van der Waals surface area contributed by atoms with E-state index in [1.807, 2.05) is 6.92 Å². The number of carbonyl (C=O) groups is 2. The van der Waals surface area contributed by atoms with E-state index in [2.05, 4.69) is 10.5 Å². The number of nitrogens with zero attached hydrogens (tertiary/aromatic N) is 2. The van der Waals surface area contributed by atoms with E-state index in [0.29, 0.717) is 12.4 Å². The summed E-state index contributed by atoms with van der Waals surface area (Å²) in [6, 6.07) is 1.59. The number of hydrogen-bond donors (Lipinski definition) is 1. The summed E-state index contributed by atoms with van der Waals surface area (Å²) in [4.78, 5) is 27.2. The lowest BCUT2D eigenvalue weighted by Gasteiger charge is -2.56. The molecule has 130 valence electrons. The Bertz CT molecular complexity index is 590. The van der Waals surface area contributed by atoms with Crippen molar-refractivity contribution >= 4 is 17.6 Å². The van der Waals surface area contributed by atoms with Crippen LogP contribution in [0.5, 0.6) is 0 Å². The summed E-state index contributed by atoms with van der Waals surface area (Å²) in [6.45, 7) is 2.60. The fourth-order valence-electron chi connectivity index (χ4n) is 5.67. The largest absolute Gasteiger partial charge is 0.363 e. The number of rotatable bonds is 5. The van der Waals surface area contributed by atoms with Gasteiger partial charge < -0.3 is 14.7 Å². The Morgan fingerprint density at radius 2 is 1.88 bits per heavy atom. The van der Waals surface area contributed by atoms with E-state index >= 15 is 0 Å². The molecule has 4 saturated carbocycles. The van der Waals surface area contributed by atoms with Crippen molar-refractivity contribution in [2.24, 2.45) is 23.2 Å². The van der Waals surface area contributed by atoms with Crippen LogP contribution in [0.1, 0.15) is 45.4 Å². The number of likely N-dealkylation sites (N-methyl/N-ethyl adjacent to an activating group) is 1. The van der Waals surface area contributed by atoms with E-state index in [0.717, 1.165) is 37.0 Å². The molecule has 4 fully saturated rings. The van der Waals surface area contributed by atoms with E-state index in [1.165, 1.54) is 25.5 Å². The van der Waals surface area contributed by atoms with Crippen molar-refractivity contribution in [2.45, 2.75) is 45.4 Å². The second kappa shape index (κ2) is 5.90. The molecule has 1 heterocycles. The van der Waals surface area contributed by atoms with Crippen molar-refractivity contribution < 1.29 is 14.1 Å². The van der Waals surface area contributed by atoms with Crippen LogP contribution in [-0.2, 0) is 9.59 Å². The molecule has 6 heteroatoms. The predicted molar refractivity (Wildman–Crippen MR) is 88.0 cm³/mol. The van der Waals surface area contributed by atoms with Gasteiger partial charge in [0.2, 0.25) is 11.8 Å². The first-order chi connectivity index (χ1) is 11.6. The lowest BCUT2D eigenvalue weighted by molar-refractivity contribution is -0.158. The highest BCUT2D eigenvalue weighted by molar-refractivity contribution is 5.94. The Morgan fingerprint density at radius 1 is 1.25 bits per heavy atom. The molecular weight excluding hydrogens is 306 g/mol. The molecule has 24 heavy (non-hydrogen) atoms. The van der Waals surface area contributed by atoms with Crippen molar-refractivity contribution in [2.75, 3.05) is 18.4 Å². The van der Waals surface area contributed by atoms with Crippen molar-refractivity contribution in [3.05, 3.63) is 12.3 Å². The summed E-state index contributed by atoms with van der Waals surface area (Å²) in [5, 5.41) is 6.36. The summed E-state index contributed by atoms with van der Waals surface area (Å²) < 4.78 is 4.71. The monoisotopic (exact) mass is 331 g/mol. The van der Waals surface area contributed by atoms with Gasteiger partial charge in [-0.15, -0.1) is 0 Å². The van der Waals surface area contributed by atoms with Crippen LogP contribution in [0.15, 0.2) is 16.9 Å². The minimum Gasteiger partial charge on any atom is -0.363 e. The summed E-state index contributed by atoms with van der Waals surface area (Å²) in [5.74, 6) is 2.54. The second-order valence-corrected chi connectivity index (χ2v) is 7.95. The van der Waals surface area contributed by atoms with Crippen LogP contribution in [0.25, 0.3) is 0 Å². The fraction of sp³-hybridized carbons (Fsp3) is 0.722. The van der Waals surface area contributed by atoms with Crippen LogP contribution in [0.4, 0.5) is 5.82 Å². The normalized spacial score (nSPS) is 33.5. The van der Waals surface area contributed by atoms with Gasteiger partial charge in [0.25, 0.3) is 0 Å². The third-order valence-electron chi connectivity index (χ3n) is 6.20. The molecule has 0 unspecified atom stereocenters. The Morgan fingerprint density at radius 3 is 2.38 bits per heavy atom. The lowest BCUT2D eigenvalue weighted by Crippen LogP contribution is -2.55. The van der Waals surface area contributed by atoms with Crippen molar-refractivity contribution in [1.29, 1.82) is 0 Å². The van der Waals surface area contributed by atoms with Gasteiger partial charge in [0.1, 0.15) is 6.26 Å². The molecule has 1 N–H and O–H groups in total. The Balaban J connectivity index is 1.45. The molecule has 6 nitrogen and oxygen atoms in total. The summed E-state index contributed by atoms with van der Waals surface area (Å²) in [7, 11) is 0. The zero-order chi connectivity index (χ0) is 16.7. The third kappa shape index (κ3) is 2.72. The zero-order valence-electron chi connectivity index (χ0n) is 14.2. The smallest absolute Gasteiger partial charge is 0.245 e. The maximum atomic E-state index is 13.3. The van der Waals surface area contributed by atoms with Gasteiger partial charge in [0.15, 0.2) is 5.82 Å². The number of hydrogen-bond acceptors (Lipinski definition) is 4. The molecule has 0 atom stereocenters. The molecule has 1 aromatic heterocycles. The molecule has 4 bridgehead atoms. The Kier molecular flexibility index (Phi) is 3.85. The molecule has 0 radical (unpaired) electrons. The van der Waals surface area contributed by atoms with E-state index in [1.54, 1.807) is 11.0 Å². The predicted octanol–water partition coefficient (Wildman–Crippen LogP) is 2.68. The molecule has 4 aliphatic carbocycles. The number of aromatic nitrogens is 1. The molecule has 1 aromatic rings. The zero-order valence-corrected chi connectivity index (χ0v) is 14.2. The van der Waals surface area contributed by atoms with E-state index < -0.39 is 0 Å². The van der Waals surface area contributed by atoms with Gasteiger partial charge >= 0.3 is 0 Å². The highest BCUT2D eigenvalue weighted by Crippen LogP contribution is 2.60. The number of amides is 2. The number of carbonyl (C=O) groups excluding carboxylic acids is 2. The van der Waals surface area contributed by atoms with Gasteiger partial charge in [0.05, 0.1) is 12.0 Å². The molecule has 2 amide bonds. The van der Waals surface area contributed by atoms with Gasteiger partial charge in [-0.1, -0.05) is 5.16 Å². The van der Waals surface area contributed by atoms with Crippen molar-refractivity contribution in [3.8, 4) is 0 Å². The maximum absolute atomic E-state index is 13.3. The highest BCUT2D eigenvalue weighted by atomic mass is 16.5. The van der Waals surface area contributed by atoms with Crippen molar-refractivity contribution in [3.63, 3.8) is 0 Å². The minimum absolute atomic E-state index is 0.0872. The molecule has 4 aliphatic rings. The first-order valence-electron chi connectivity index (χ1n) is 9.07. The van der Waals surface area contributed by atoms with Crippen LogP contribution >= 0.6 is 0 Å². The van der Waals surface area contributed by atoms with Gasteiger partial charge in [-0.05, 0) is 63.2 Å². The fourth-order valence-corrected chi connectivity index (χ4v) is 5.67. The van der Waals surface area contributed by atoms with Gasteiger partial charge in [-0.2, -0.15) is 0 Å². The van der Waals surface area contributed by atoms with Gasteiger partial charge in [-0.3, -0.25) is 9.59 Å². The summed E-state index contributed by atoms with van der Waals surface area (Å²) in [5.41, 5.74) is -0.196. The second-order valence-electron chi connectivity index (χ2n) is 7.95. The SMILES string of the molecule is CCN(CC(=O)Nc1ccon1)C(=O)C12CC3CC(CC(C3)C1)C2. The summed E-state index contributed by atoms with van der Waals surface area (Å²) >= 11 is 0. The molecule has 5 rings (SSSR count). The topological polar surface area (TPSA) is 75.4 Å².